The van der Waals surface area contributed by atoms with Crippen LogP contribution >= 0.6 is 0 Å². The van der Waals surface area contributed by atoms with E-state index in [0.29, 0.717) is 22.0 Å². The Labute approximate surface area is 181 Å². The van der Waals surface area contributed by atoms with E-state index in [9.17, 15) is 18.8 Å². The van der Waals surface area contributed by atoms with Crippen LogP contribution in [-0.4, -0.2) is 29.3 Å². The lowest BCUT2D eigenvalue weighted by molar-refractivity contribution is -0.127. The number of carbonyl (C=O) groups is 3. The molecule has 0 aliphatic carbocycles. The number of carbonyl (C=O) groups excluding carboxylic acids is 3. The van der Waals surface area contributed by atoms with Crippen molar-refractivity contribution in [2.24, 2.45) is 0 Å². The molecule has 0 atom stereocenters. The van der Waals surface area contributed by atoms with Crippen LogP contribution in [0.1, 0.15) is 11.3 Å². The van der Waals surface area contributed by atoms with Crippen LogP contribution in [0.4, 0.5) is 14.9 Å². The third-order valence-corrected chi connectivity index (χ3v) is 4.62. The van der Waals surface area contributed by atoms with Crippen molar-refractivity contribution in [1.82, 2.24) is 10.2 Å². The molecule has 0 bridgehead atoms. The zero-order valence-corrected chi connectivity index (χ0v) is 16.5. The van der Waals surface area contributed by atoms with E-state index in [1.807, 2.05) is 6.07 Å². The molecule has 1 fully saturated rings. The van der Waals surface area contributed by atoms with E-state index in [0.717, 1.165) is 5.56 Å². The highest BCUT2D eigenvalue weighted by molar-refractivity contribution is 6.15. The second-order valence-corrected chi connectivity index (χ2v) is 6.80. The summed E-state index contributed by atoms with van der Waals surface area (Å²) in [5, 5.41) is 13.6. The molecule has 4 rings (SSSR count). The van der Waals surface area contributed by atoms with Crippen molar-refractivity contribution < 1.29 is 23.2 Å². The summed E-state index contributed by atoms with van der Waals surface area (Å²) in [6.45, 7) is -0.578. The number of nitrogens with one attached hydrogen (secondary N) is 2. The van der Waals surface area contributed by atoms with Gasteiger partial charge in [0.05, 0.1) is 17.3 Å². The topological polar surface area (TPSA) is 115 Å². The molecular weight excluding hydrogens is 415 g/mol. The predicted molar refractivity (Wildman–Crippen MR) is 112 cm³/mol. The molecule has 0 spiro atoms. The van der Waals surface area contributed by atoms with Crippen LogP contribution in [0.5, 0.6) is 0 Å². The Balaban J connectivity index is 1.45. The van der Waals surface area contributed by atoms with E-state index in [1.54, 1.807) is 42.5 Å². The predicted octanol–water partition coefficient (Wildman–Crippen LogP) is 3.49. The summed E-state index contributed by atoms with van der Waals surface area (Å²) < 4.78 is 19.4. The summed E-state index contributed by atoms with van der Waals surface area (Å²) in [4.78, 5) is 37.6. The fraction of sp³-hybridized carbons (Fsp3) is 0.0435. The van der Waals surface area contributed by atoms with Gasteiger partial charge in [0, 0.05) is 11.6 Å². The maximum atomic E-state index is 13.7. The molecule has 158 valence electrons. The number of urea groups is 1. The standard InChI is InChI=1S/C23H15FN4O4/c24-17-3-1-2-4-18(17)26-21(29)13-28-22(30)19(27-23(28)31)11-16-9-10-20(32-16)15-7-5-14(12-25)6-8-15/h1-11H,13H2,(H,26,29)(H,27,31)/b19-11+. The number of anilines is 1. The lowest BCUT2D eigenvalue weighted by Gasteiger charge is -2.12. The third kappa shape index (κ3) is 4.24. The van der Waals surface area contributed by atoms with Crippen LogP contribution in [0.25, 0.3) is 17.4 Å². The maximum Gasteiger partial charge on any atom is 0.329 e. The van der Waals surface area contributed by atoms with Gasteiger partial charge in [-0.05, 0) is 48.5 Å². The Morgan fingerprint density at radius 2 is 1.88 bits per heavy atom. The number of furan rings is 1. The van der Waals surface area contributed by atoms with E-state index in [2.05, 4.69) is 10.6 Å². The molecule has 1 aromatic heterocycles. The lowest BCUT2D eigenvalue weighted by atomic mass is 10.1. The van der Waals surface area contributed by atoms with E-state index >= 15 is 0 Å². The number of imide groups is 1. The van der Waals surface area contributed by atoms with Crippen LogP contribution in [0.3, 0.4) is 0 Å². The molecule has 1 aliphatic heterocycles. The molecule has 0 radical (unpaired) electrons. The number of para-hydroxylation sites is 1. The van der Waals surface area contributed by atoms with Crippen molar-refractivity contribution in [3.05, 3.63) is 83.5 Å². The molecule has 1 aliphatic rings. The van der Waals surface area contributed by atoms with Gasteiger partial charge in [-0.25, -0.2) is 14.1 Å². The van der Waals surface area contributed by atoms with Crippen LogP contribution in [0.2, 0.25) is 0 Å². The molecule has 2 N–H and O–H groups in total. The summed E-state index contributed by atoms with van der Waals surface area (Å²) in [7, 11) is 0. The van der Waals surface area contributed by atoms with Crippen molar-refractivity contribution >= 4 is 29.6 Å². The van der Waals surface area contributed by atoms with Gasteiger partial charge in [-0.1, -0.05) is 12.1 Å². The van der Waals surface area contributed by atoms with Gasteiger partial charge in [0.2, 0.25) is 5.91 Å². The summed E-state index contributed by atoms with van der Waals surface area (Å²) in [5.41, 5.74) is 1.14. The molecule has 4 amide bonds. The normalized spacial score (nSPS) is 14.4. The zero-order valence-electron chi connectivity index (χ0n) is 16.5. The first-order chi connectivity index (χ1) is 15.4. The molecule has 2 heterocycles. The Kier molecular flexibility index (Phi) is 5.51. The molecule has 32 heavy (non-hydrogen) atoms. The second kappa shape index (κ2) is 8.57. The summed E-state index contributed by atoms with van der Waals surface area (Å²) >= 11 is 0. The molecule has 9 heteroatoms. The fourth-order valence-electron chi connectivity index (χ4n) is 3.05. The first-order valence-corrected chi connectivity index (χ1v) is 9.44. The minimum Gasteiger partial charge on any atom is -0.457 e. The Morgan fingerprint density at radius 3 is 2.59 bits per heavy atom. The van der Waals surface area contributed by atoms with Gasteiger partial charge in [0.25, 0.3) is 5.91 Å². The first kappa shape index (κ1) is 20.6. The Morgan fingerprint density at radius 1 is 1.12 bits per heavy atom. The number of hydrogen-bond acceptors (Lipinski definition) is 5. The van der Waals surface area contributed by atoms with Gasteiger partial charge in [-0.2, -0.15) is 5.26 Å². The number of hydrogen-bond donors (Lipinski definition) is 2. The molecule has 8 nitrogen and oxygen atoms in total. The number of amides is 4. The van der Waals surface area contributed by atoms with Crippen molar-refractivity contribution in [1.29, 1.82) is 5.26 Å². The minimum atomic E-state index is -0.774. The number of benzene rings is 2. The molecule has 3 aromatic rings. The van der Waals surface area contributed by atoms with Gasteiger partial charge < -0.3 is 15.1 Å². The van der Waals surface area contributed by atoms with Crippen LogP contribution in [0, 0.1) is 17.1 Å². The highest BCUT2D eigenvalue weighted by atomic mass is 19.1. The van der Waals surface area contributed by atoms with Gasteiger partial charge in [0.15, 0.2) is 0 Å². The van der Waals surface area contributed by atoms with Gasteiger partial charge >= 0.3 is 6.03 Å². The maximum absolute atomic E-state index is 13.7. The SMILES string of the molecule is N#Cc1ccc(-c2ccc(/C=C3/NC(=O)N(CC(=O)Nc4ccccc4F)C3=O)o2)cc1. The van der Waals surface area contributed by atoms with Crippen molar-refractivity contribution in [2.75, 3.05) is 11.9 Å². The molecule has 1 saturated heterocycles. The van der Waals surface area contributed by atoms with Crippen molar-refractivity contribution in [3.63, 3.8) is 0 Å². The second-order valence-electron chi connectivity index (χ2n) is 6.80. The number of nitriles is 1. The summed E-state index contributed by atoms with van der Waals surface area (Å²) in [6.07, 6.45) is 1.35. The van der Waals surface area contributed by atoms with Gasteiger partial charge in [-0.15, -0.1) is 0 Å². The Bertz CT molecular complexity index is 1290. The van der Waals surface area contributed by atoms with Gasteiger partial charge in [0.1, 0.15) is 29.6 Å². The lowest BCUT2D eigenvalue weighted by Crippen LogP contribution is -2.38. The average molecular weight is 430 g/mol. The van der Waals surface area contributed by atoms with Crippen LogP contribution < -0.4 is 10.6 Å². The summed E-state index contributed by atoms with van der Waals surface area (Å²) in [6, 6.07) is 16.9. The van der Waals surface area contributed by atoms with Crippen LogP contribution in [-0.2, 0) is 9.59 Å². The first-order valence-electron chi connectivity index (χ1n) is 9.44. The molecule has 0 unspecified atom stereocenters. The smallest absolute Gasteiger partial charge is 0.329 e. The summed E-state index contributed by atoms with van der Waals surface area (Å²) in [5.74, 6) is -1.24. The average Bonchev–Trinajstić information content (AvgIpc) is 3.36. The van der Waals surface area contributed by atoms with E-state index in [4.69, 9.17) is 9.68 Å². The highest BCUT2D eigenvalue weighted by Gasteiger charge is 2.35. The van der Waals surface area contributed by atoms with Crippen molar-refractivity contribution in [3.8, 4) is 17.4 Å². The van der Waals surface area contributed by atoms with E-state index in [1.165, 1.54) is 24.3 Å². The third-order valence-electron chi connectivity index (χ3n) is 4.62. The monoisotopic (exact) mass is 430 g/mol. The van der Waals surface area contributed by atoms with Gasteiger partial charge in [-0.3, -0.25) is 9.59 Å². The zero-order chi connectivity index (χ0) is 22.7. The fourth-order valence-corrected chi connectivity index (χ4v) is 3.05. The minimum absolute atomic E-state index is 0.0498. The number of halogens is 1. The van der Waals surface area contributed by atoms with E-state index < -0.39 is 30.2 Å². The number of nitrogens with zero attached hydrogens (tertiary/aromatic N) is 2. The largest absolute Gasteiger partial charge is 0.457 e. The molecule has 0 saturated carbocycles. The van der Waals surface area contributed by atoms with Crippen molar-refractivity contribution in [2.45, 2.75) is 0 Å². The number of rotatable bonds is 5. The molecule has 2 aromatic carbocycles. The van der Waals surface area contributed by atoms with E-state index in [-0.39, 0.29) is 11.4 Å². The Hall–Kier alpha value is -4.71. The molecular formula is C23H15FN4O4. The van der Waals surface area contributed by atoms with Crippen LogP contribution in [0.15, 0.2) is 70.8 Å². The quantitative estimate of drug-likeness (QED) is 0.475. The highest BCUT2D eigenvalue weighted by Crippen LogP contribution is 2.24.